The Balaban J connectivity index is 1.77. The molecule has 1 nitrogen and oxygen atoms in total. The quantitative estimate of drug-likeness (QED) is 0.200. The van der Waals surface area contributed by atoms with Crippen LogP contribution in [0, 0.1) is 35.0 Å². The van der Waals surface area contributed by atoms with Gasteiger partial charge in [-0.25, -0.2) is 22.0 Å². The molecule has 0 spiro atoms. The molecule has 188 valence electrons. The van der Waals surface area contributed by atoms with E-state index in [1.165, 1.54) is 6.42 Å². The maximum absolute atomic E-state index is 14.6. The third kappa shape index (κ3) is 6.55. The smallest absolute Gasteiger partial charge is 0.429 e. The van der Waals surface area contributed by atoms with Crippen molar-refractivity contribution in [2.75, 3.05) is 0 Å². The highest BCUT2D eigenvalue weighted by Gasteiger charge is 2.41. The molecular weight excluding hydrogens is 473 g/mol. The highest BCUT2D eigenvalue weighted by molar-refractivity contribution is 5.64. The molecule has 0 aliphatic rings. The Hall–Kier alpha value is -3.03. The van der Waals surface area contributed by atoms with Gasteiger partial charge in [-0.1, -0.05) is 57.4 Å². The van der Waals surface area contributed by atoms with Crippen molar-refractivity contribution < 1.29 is 35.5 Å². The van der Waals surface area contributed by atoms with Gasteiger partial charge in [0, 0.05) is 12.1 Å². The predicted octanol–water partition coefficient (Wildman–Crippen LogP) is 8.94. The minimum Gasteiger partial charge on any atom is -0.429 e. The van der Waals surface area contributed by atoms with Crippen LogP contribution in [-0.4, -0.2) is 0 Å². The summed E-state index contributed by atoms with van der Waals surface area (Å²) in [5.41, 5.74) is -0.233. The highest BCUT2D eigenvalue weighted by Crippen LogP contribution is 2.37. The fourth-order valence-electron chi connectivity index (χ4n) is 3.96. The van der Waals surface area contributed by atoms with E-state index in [4.69, 9.17) is 0 Å². The van der Waals surface area contributed by atoms with Gasteiger partial charge in [-0.2, -0.15) is 8.78 Å². The van der Waals surface area contributed by atoms with Crippen molar-refractivity contribution in [3.05, 3.63) is 88.7 Å². The summed E-state index contributed by atoms with van der Waals surface area (Å²) in [6, 6.07) is 8.70. The number of halogens is 7. The van der Waals surface area contributed by atoms with E-state index in [1.807, 2.05) is 12.1 Å². The summed E-state index contributed by atoms with van der Waals surface area (Å²) >= 11 is 0. The molecule has 0 bridgehead atoms. The molecule has 0 aliphatic carbocycles. The van der Waals surface area contributed by atoms with Crippen LogP contribution in [0.15, 0.2) is 48.5 Å². The SMILES string of the molecule is CCCC(C)CCCc1ccc(-c2cc(F)c(C(F)(F)Oc3cc(F)c(F)c(F)c3)c(F)c2)cc1. The highest BCUT2D eigenvalue weighted by atomic mass is 19.3. The molecular formula is C27H25F7O. The van der Waals surface area contributed by atoms with E-state index in [1.54, 1.807) is 12.1 Å². The van der Waals surface area contributed by atoms with E-state index in [0.717, 1.165) is 43.4 Å². The number of hydrogen-bond acceptors (Lipinski definition) is 1. The normalized spacial score (nSPS) is 12.6. The van der Waals surface area contributed by atoms with Crippen molar-refractivity contribution in [2.24, 2.45) is 5.92 Å². The van der Waals surface area contributed by atoms with Crippen LogP contribution in [0.25, 0.3) is 11.1 Å². The van der Waals surface area contributed by atoms with Gasteiger partial charge in [-0.3, -0.25) is 0 Å². The van der Waals surface area contributed by atoms with Crippen molar-refractivity contribution >= 4 is 0 Å². The van der Waals surface area contributed by atoms with Crippen LogP contribution >= 0.6 is 0 Å². The minimum absolute atomic E-state index is 0.0292. The van der Waals surface area contributed by atoms with E-state index < -0.39 is 46.5 Å². The molecule has 0 heterocycles. The van der Waals surface area contributed by atoms with Gasteiger partial charge in [0.25, 0.3) is 0 Å². The molecule has 0 amide bonds. The van der Waals surface area contributed by atoms with Gasteiger partial charge in [0.2, 0.25) is 0 Å². The molecule has 3 aromatic rings. The molecule has 0 aromatic heterocycles. The lowest BCUT2D eigenvalue weighted by Gasteiger charge is -2.20. The number of aryl methyl sites for hydroxylation is 1. The summed E-state index contributed by atoms with van der Waals surface area (Å²) < 4.78 is 102. The zero-order chi connectivity index (χ0) is 25.8. The largest absolute Gasteiger partial charge is 0.432 e. The number of ether oxygens (including phenoxy) is 1. The first-order valence-corrected chi connectivity index (χ1v) is 11.3. The average Bonchev–Trinajstić information content (AvgIpc) is 2.77. The molecule has 0 fully saturated rings. The Labute approximate surface area is 199 Å². The molecule has 0 saturated heterocycles. The zero-order valence-electron chi connectivity index (χ0n) is 19.3. The first-order valence-electron chi connectivity index (χ1n) is 11.3. The van der Waals surface area contributed by atoms with Crippen molar-refractivity contribution in [2.45, 2.75) is 52.1 Å². The predicted molar refractivity (Wildman–Crippen MR) is 120 cm³/mol. The molecule has 8 heteroatoms. The van der Waals surface area contributed by atoms with Gasteiger partial charge in [-0.15, -0.1) is 0 Å². The van der Waals surface area contributed by atoms with Gasteiger partial charge >= 0.3 is 6.11 Å². The summed E-state index contributed by atoms with van der Waals surface area (Å²) in [7, 11) is 0. The number of rotatable bonds is 10. The summed E-state index contributed by atoms with van der Waals surface area (Å²) in [5.74, 6) is -9.17. The van der Waals surface area contributed by atoms with E-state index in [0.29, 0.717) is 11.5 Å². The summed E-state index contributed by atoms with van der Waals surface area (Å²) in [6.07, 6.45) is 0.652. The van der Waals surface area contributed by atoms with Crippen LogP contribution in [0.5, 0.6) is 5.75 Å². The van der Waals surface area contributed by atoms with E-state index >= 15 is 0 Å². The second kappa shape index (κ2) is 11.1. The first-order chi connectivity index (χ1) is 16.5. The second-order valence-electron chi connectivity index (χ2n) is 8.62. The van der Waals surface area contributed by atoms with Crippen LogP contribution in [0.3, 0.4) is 0 Å². The van der Waals surface area contributed by atoms with Crippen molar-refractivity contribution in [3.8, 4) is 16.9 Å². The molecule has 3 aromatic carbocycles. The standard InChI is InChI=1S/C27H25F7O/c1-3-5-16(2)6-4-7-17-8-10-18(11-9-17)19-12-21(28)25(22(29)13-19)27(33,34)35-20-14-23(30)26(32)24(31)15-20/h8-16H,3-7H2,1-2H3. The van der Waals surface area contributed by atoms with E-state index in [2.05, 4.69) is 18.6 Å². The monoisotopic (exact) mass is 498 g/mol. The number of benzene rings is 3. The van der Waals surface area contributed by atoms with Crippen molar-refractivity contribution in [3.63, 3.8) is 0 Å². The third-order valence-corrected chi connectivity index (χ3v) is 5.77. The van der Waals surface area contributed by atoms with Gasteiger partial charge < -0.3 is 4.74 Å². The fourth-order valence-corrected chi connectivity index (χ4v) is 3.96. The molecule has 3 rings (SSSR count). The van der Waals surface area contributed by atoms with Crippen molar-refractivity contribution in [1.29, 1.82) is 0 Å². The topological polar surface area (TPSA) is 9.23 Å². The molecule has 1 atom stereocenters. The summed E-state index contributed by atoms with van der Waals surface area (Å²) in [6.45, 7) is 4.36. The van der Waals surface area contributed by atoms with Crippen LogP contribution in [0.2, 0.25) is 0 Å². The Morgan fingerprint density at radius 3 is 1.89 bits per heavy atom. The van der Waals surface area contributed by atoms with E-state index in [-0.39, 0.29) is 17.7 Å². The van der Waals surface area contributed by atoms with E-state index in [9.17, 15) is 30.7 Å². The Morgan fingerprint density at radius 1 is 0.771 bits per heavy atom. The number of hydrogen-bond donors (Lipinski definition) is 0. The van der Waals surface area contributed by atoms with Gasteiger partial charge in [-0.05, 0) is 47.6 Å². The maximum Gasteiger partial charge on any atom is 0.432 e. The van der Waals surface area contributed by atoms with Crippen LogP contribution < -0.4 is 4.74 Å². The lowest BCUT2D eigenvalue weighted by molar-refractivity contribution is -0.189. The third-order valence-electron chi connectivity index (χ3n) is 5.77. The molecule has 0 saturated carbocycles. The molecule has 0 aliphatic heterocycles. The summed E-state index contributed by atoms with van der Waals surface area (Å²) in [5, 5.41) is 0. The molecule has 0 radical (unpaired) electrons. The maximum atomic E-state index is 14.6. The Kier molecular flexibility index (Phi) is 8.46. The molecule has 35 heavy (non-hydrogen) atoms. The van der Waals surface area contributed by atoms with Gasteiger partial charge in [0.15, 0.2) is 17.5 Å². The lowest BCUT2D eigenvalue weighted by atomic mass is 9.96. The average molecular weight is 498 g/mol. The molecule has 1 unspecified atom stereocenters. The van der Waals surface area contributed by atoms with Crippen molar-refractivity contribution in [1.82, 2.24) is 0 Å². The Morgan fingerprint density at radius 2 is 1.34 bits per heavy atom. The first kappa shape index (κ1) is 26.6. The lowest BCUT2D eigenvalue weighted by Crippen LogP contribution is -2.25. The molecule has 0 N–H and O–H groups in total. The zero-order valence-corrected chi connectivity index (χ0v) is 19.3. The Bertz CT molecular complexity index is 1110. The number of alkyl halides is 2. The van der Waals surface area contributed by atoms with Crippen LogP contribution in [0.1, 0.15) is 50.7 Å². The van der Waals surface area contributed by atoms with Crippen LogP contribution in [0.4, 0.5) is 30.7 Å². The second-order valence-corrected chi connectivity index (χ2v) is 8.62. The van der Waals surface area contributed by atoms with Gasteiger partial charge in [0.05, 0.1) is 0 Å². The fraction of sp³-hybridized carbons (Fsp3) is 0.333. The minimum atomic E-state index is -4.62. The van der Waals surface area contributed by atoms with Gasteiger partial charge in [0.1, 0.15) is 22.9 Å². The van der Waals surface area contributed by atoms with Crippen LogP contribution in [-0.2, 0) is 12.5 Å². The summed E-state index contributed by atoms with van der Waals surface area (Å²) in [4.78, 5) is 0.